The van der Waals surface area contributed by atoms with Gasteiger partial charge in [-0.15, -0.1) is 0 Å². The van der Waals surface area contributed by atoms with Crippen LogP contribution >= 0.6 is 0 Å². The monoisotopic (exact) mass is 256 g/mol. The molecule has 0 rings (SSSR count). The van der Waals surface area contributed by atoms with E-state index in [4.69, 9.17) is 4.74 Å². The molecule has 0 bridgehead atoms. The number of quaternary nitrogens is 1. The van der Waals surface area contributed by atoms with Gasteiger partial charge in [-0.25, -0.2) is 9.59 Å². The highest BCUT2D eigenvalue weighted by Crippen LogP contribution is 2.05. The Bertz CT molecular complexity index is 358. The molecule has 0 aliphatic heterocycles. The van der Waals surface area contributed by atoms with Crippen molar-refractivity contribution in [2.45, 2.75) is 6.92 Å². The van der Waals surface area contributed by atoms with Gasteiger partial charge in [-0.2, -0.15) is 0 Å². The van der Waals surface area contributed by atoms with E-state index in [1.165, 1.54) is 7.11 Å². The van der Waals surface area contributed by atoms with Crippen molar-refractivity contribution in [1.29, 1.82) is 0 Å². The number of rotatable bonds is 7. The van der Waals surface area contributed by atoms with E-state index in [9.17, 15) is 9.59 Å². The minimum absolute atomic E-state index is 0.271. The number of nitrogens with zero attached hydrogens (tertiary/aromatic N) is 1. The van der Waals surface area contributed by atoms with E-state index in [1.807, 2.05) is 14.1 Å². The Morgan fingerprint density at radius 3 is 2.17 bits per heavy atom. The minimum Gasteiger partial charge on any atom is -0.466 e. The Balaban J connectivity index is 4.16. The first-order chi connectivity index (χ1) is 8.19. The average Bonchev–Trinajstić information content (AvgIpc) is 2.26. The van der Waals surface area contributed by atoms with Gasteiger partial charge in [0, 0.05) is 5.57 Å². The minimum atomic E-state index is -0.417. The number of carbonyl (C=O) groups excluding carboxylic acids is 2. The predicted octanol–water partition coefficient (Wildman–Crippen LogP) is 0.911. The highest BCUT2D eigenvalue weighted by atomic mass is 16.5. The Hall–Kier alpha value is -1.62. The van der Waals surface area contributed by atoms with Gasteiger partial charge in [0.25, 0.3) is 0 Å². The van der Waals surface area contributed by atoms with Crippen molar-refractivity contribution in [2.75, 3.05) is 40.9 Å². The van der Waals surface area contributed by atoms with Gasteiger partial charge in [0.1, 0.15) is 19.7 Å². The first-order valence-corrected chi connectivity index (χ1v) is 5.60. The van der Waals surface area contributed by atoms with Gasteiger partial charge in [0.15, 0.2) is 0 Å². The first kappa shape index (κ1) is 16.4. The maximum Gasteiger partial charge on any atom is 0.338 e. The van der Waals surface area contributed by atoms with Gasteiger partial charge >= 0.3 is 11.9 Å². The second-order valence-electron chi connectivity index (χ2n) is 4.83. The SMILES string of the molecule is C=C(C)C(=O)OCC[N+](C)(C)CC(=C)C(=O)OC. The molecule has 0 N–H and O–H groups in total. The van der Waals surface area contributed by atoms with Gasteiger partial charge in [0.2, 0.25) is 0 Å². The van der Waals surface area contributed by atoms with E-state index in [1.54, 1.807) is 6.92 Å². The molecule has 0 radical (unpaired) electrons. The van der Waals surface area contributed by atoms with Crippen LogP contribution in [-0.2, 0) is 19.1 Å². The second-order valence-corrected chi connectivity index (χ2v) is 4.83. The molecule has 0 saturated carbocycles. The number of hydrogen-bond acceptors (Lipinski definition) is 4. The van der Waals surface area contributed by atoms with E-state index in [0.29, 0.717) is 28.7 Å². The maximum absolute atomic E-state index is 11.2. The third kappa shape index (κ3) is 6.20. The summed E-state index contributed by atoms with van der Waals surface area (Å²) in [5.41, 5.74) is 0.771. The van der Waals surface area contributed by atoms with Gasteiger partial charge in [-0.3, -0.25) is 0 Å². The van der Waals surface area contributed by atoms with E-state index in [0.717, 1.165) is 0 Å². The molecule has 102 valence electrons. The molecule has 0 aromatic heterocycles. The smallest absolute Gasteiger partial charge is 0.338 e. The summed E-state index contributed by atoms with van der Waals surface area (Å²) in [6, 6.07) is 0. The third-order valence-corrected chi connectivity index (χ3v) is 2.37. The van der Waals surface area contributed by atoms with Crippen LogP contribution in [-0.4, -0.2) is 57.3 Å². The van der Waals surface area contributed by atoms with Crippen molar-refractivity contribution in [1.82, 2.24) is 0 Å². The van der Waals surface area contributed by atoms with Crippen molar-refractivity contribution >= 4 is 11.9 Å². The normalized spacial score (nSPS) is 10.7. The zero-order valence-corrected chi connectivity index (χ0v) is 11.6. The molecule has 0 amide bonds. The fourth-order valence-corrected chi connectivity index (χ4v) is 1.31. The Kier molecular flexibility index (Phi) is 6.33. The molecule has 0 aliphatic rings. The molecule has 0 aromatic carbocycles. The summed E-state index contributed by atoms with van der Waals surface area (Å²) in [5, 5.41) is 0. The van der Waals surface area contributed by atoms with E-state index >= 15 is 0 Å². The van der Waals surface area contributed by atoms with Crippen molar-refractivity contribution in [3.8, 4) is 0 Å². The summed E-state index contributed by atoms with van der Waals surface area (Å²) >= 11 is 0. The average molecular weight is 256 g/mol. The largest absolute Gasteiger partial charge is 0.466 e. The summed E-state index contributed by atoms with van der Waals surface area (Å²) in [5.74, 6) is -0.818. The van der Waals surface area contributed by atoms with Crippen LogP contribution < -0.4 is 0 Å². The molecule has 0 heterocycles. The van der Waals surface area contributed by atoms with Crippen molar-refractivity contribution in [3.05, 3.63) is 24.3 Å². The van der Waals surface area contributed by atoms with Crippen molar-refractivity contribution < 1.29 is 23.5 Å². The molecule has 5 nitrogen and oxygen atoms in total. The van der Waals surface area contributed by atoms with Crippen LogP contribution in [0.2, 0.25) is 0 Å². The lowest BCUT2D eigenvalue weighted by atomic mass is 10.2. The fraction of sp³-hybridized carbons (Fsp3) is 0.538. The van der Waals surface area contributed by atoms with Crippen LogP contribution in [0.3, 0.4) is 0 Å². The Morgan fingerprint density at radius 1 is 1.17 bits per heavy atom. The zero-order valence-electron chi connectivity index (χ0n) is 11.6. The first-order valence-electron chi connectivity index (χ1n) is 5.60. The molecule has 0 atom stereocenters. The van der Waals surface area contributed by atoms with Gasteiger partial charge in [-0.1, -0.05) is 13.2 Å². The van der Waals surface area contributed by atoms with Crippen LogP contribution in [0.1, 0.15) is 6.92 Å². The molecule has 0 fully saturated rings. The van der Waals surface area contributed by atoms with Crippen molar-refractivity contribution in [2.24, 2.45) is 0 Å². The number of esters is 2. The standard InChI is InChI=1S/C13H22NO4/c1-10(2)12(15)18-8-7-14(4,5)9-11(3)13(16)17-6/h1,3,7-9H2,2,4-6H3/q+1. The number of ether oxygens (including phenoxy) is 2. The van der Waals surface area contributed by atoms with Crippen LogP contribution in [0.5, 0.6) is 0 Å². The highest BCUT2D eigenvalue weighted by Gasteiger charge is 2.21. The lowest BCUT2D eigenvalue weighted by molar-refractivity contribution is -0.885. The number of carbonyl (C=O) groups is 2. The predicted molar refractivity (Wildman–Crippen MR) is 68.8 cm³/mol. The molecule has 0 spiro atoms. The molecule has 0 aromatic rings. The topological polar surface area (TPSA) is 52.6 Å². The second kappa shape index (κ2) is 6.96. The van der Waals surface area contributed by atoms with Gasteiger partial charge < -0.3 is 14.0 Å². The van der Waals surface area contributed by atoms with Crippen LogP contribution in [0.15, 0.2) is 24.3 Å². The Morgan fingerprint density at radius 2 is 1.72 bits per heavy atom. The van der Waals surface area contributed by atoms with Crippen LogP contribution in [0, 0.1) is 0 Å². The molecule has 0 saturated heterocycles. The lowest BCUT2D eigenvalue weighted by Crippen LogP contribution is -2.44. The van der Waals surface area contributed by atoms with E-state index in [-0.39, 0.29) is 6.61 Å². The van der Waals surface area contributed by atoms with Crippen LogP contribution in [0.4, 0.5) is 0 Å². The highest BCUT2D eigenvalue weighted by molar-refractivity contribution is 5.87. The number of likely N-dealkylation sites (N-methyl/N-ethyl adjacent to an activating group) is 1. The van der Waals surface area contributed by atoms with Crippen LogP contribution in [0.25, 0.3) is 0 Å². The molecular weight excluding hydrogens is 234 g/mol. The summed E-state index contributed by atoms with van der Waals surface area (Å²) in [6.07, 6.45) is 0. The zero-order chi connectivity index (χ0) is 14.3. The molecular formula is C13H22NO4+. The quantitative estimate of drug-likeness (QED) is 0.386. The van der Waals surface area contributed by atoms with Crippen molar-refractivity contribution in [3.63, 3.8) is 0 Å². The van der Waals surface area contributed by atoms with E-state index in [2.05, 4.69) is 17.9 Å². The Labute approximate surface area is 108 Å². The van der Waals surface area contributed by atoms with Gasteiger partial charge in [0.05, 0.1) is 26.8 Å². The molecule has 5 heteroatoms. The summed E-state index contributed by atoms with van der Waals surface area (Å²) in [7, 11) is 5.16. The number of methoxy groups -OCH3 is 1. The summed E-state index contributed by atoms with van der Waals surface area (Å²) in [6.45, 7) is 10.1. The number of hydrogen-bond donors (Lipinski definition) is 0. The molecule has 0 unspecified atom stereocenters. The molecule has 0 aliphatic carbocycles. The summed E-state index contributed by atoms with van der Waals surface area (Å²) in [4.78, 5) is 22.4. The lowest BCUT2D eigenvalue weighted by Gasteiger charge is -2.29. The third-order valence-electron chi connectivity index (χ3n) is 2.37. The fourth-order valence-electron chi connectivity index (χ4n) is 1.31. The maximum atomic E-state index is 11.2. The molecule has 18 heavy (non-hydrogen) atoms. The van der Waals surface area contributed by atoms with E-state index < -0.39 is 11.9 Å². The van der Waals surface area contributed by atoms with Gasteiger partial charge in [-0.05, 0) is 6.92 Å². The summed E-state index contributed by atoms with van der Waals surface area (Å²) < 4.78 is 10.1.